The molecule has 4 aliphatic heterocycles. The molecule has 4 aliphatic rings. The molecule has 6 heterocycles. The molecule has 2 N–H and O–H groups in total. The normalized spacial score (nSPS) is 23.6. The lowest BCUT2D eigenvalue weighted by molar-refractivity contribution is -0.137. The molecule has 10 nitrogen and oxygen atoms in total. The number of thiophene rings is 1. The lowest BCUT2D eigenvalue weighted by atomic mass is 10.1. The largest absolute Gasteiger partial charge is 0.420 e. The number of alkyl halides is 3. The molecule has 0 spiro atoms. The van der Waals surface area contributed by atoms with Crippen molar-refractivity contribution >= 4 is 44.4 Å². The van der Waals surface area contributed by atoms with E-state index in [9.17, 15) is 26.4 Å². The molecular weight excluding hydrogens is 593 g/mol. The SMILES string of the molecule is Cc1cc(N2C[C@H]3C[C@@H]2CN3)ccc1Nc1ncc(C(F)(F)F)c(-c2cc3c(s2)C(=O)N(C2COC2)CCS3(=O)=O)n1. The molecule has 2 atom stereocenters. The van der Waals surface area contributed by atoms with E-state index in [1.54, 1.807) is 0 Å². The summed E-state index contributed by atoms with van der Waals surface area (Å²) in [5.41, 5.74) is 0.963. The first-order valence-electron chi connectivity index (χ1n) is 13.6. The highest BCUT2D eigenvalue weighted by Gasteiger charge is 2.41. The van der Waals surface area contributed by atoms with Crippen LogP contribution in [0.2, 0.25) is 0 Å². The van der Waals surface area contributed by atoms with Gasteiger partial charge in [0, 0.05) is 49.3 Å². The fourth-order valence-electron chi connectivity index (χ4n) is 5.98. The van der Waals surface area contributed by atoms with Gasteiger partial charge < -0.3 is 25.2 Å². The minimum Gasteiger partial charge on any atom is -0.377 e. The number of hydrogen-bond donors (Lipinski definition) is 2. The Morgan fingerprint density at radius 2 is 1.98 bits per heavy atom. The van der Waals surface area contributed by atoms with Crippen LogP contribution < -0.4 is 15.5 Å². The second-order valence-corrected chi connectivity index (χ2v) is 14.2. The summed E-state index contributed by atoms with van der Waals surface area (Å²) in [6.07, 6.45) is -3.02. The third kappa shape index (κ3) is 4.71. The van der Waals surface area contributed by atoms with Crippen LogP contribution >= 0.6 is 11.3 Å². The highest BCUT2D eigenvalue weighted by Crippen LogP contribution is 2.42. The Morgan fingerprint density at radius 3 is 2.62 bits per heavy atom. The second kappa shape index (κ2) is 9.89. The molecule has 3 fully saturated rings. The molecule has 0 saturated carbocycles. The zero-order valence-corrected chi connectivity index (χ0v) is 24.1. The molecule has 3 aromatic rings. The number of rotatable bonds is 5. The summed E-state index contributed by atoms with van der Waals surface area (Å²) in [4.78, 5) is 24.8. The van der Waals surface area contributed by atoms with Gasteiger partial charge in [-0.15, -0.1) is 11.3 Å². The van der Waals surface area contributed by atoms with E-state index in [4.69, 9.17) is 4.74 Å². The van der Waals surface area contributed by atoms with Crippen molar-refractivity contribution in [3.05, 3.63) is 46.5 Å². The van der Waals surface area contributed by atoms with E-state index < -0.39 is 33.2 Å². The molecule has 1 aromatic carbocycles. The van der Waals surface area contributed by atoms with Gasteiger partial charge in [0.05, 0.1) is 40.5 Å². The van der Waals surface area contributed by atoms with Crippen LogP contribution in [-0.4, -0.2) is 85.9 Å². The summed E-state index contributed by atoms with van der Waals surface area (Å²) in [5.74, 6) is -0.940. The van der Waals surface area contributed by atoms with Crippen LogP contribution in [0.5, 0.6) is 0 Å². The summed E-state index contributed by atoms with van der Waals surface area (Å²) >= 11 is 0.698. The van der Waals surface area contributed by atoms with E-state index >= 15 is 0 Å². The fourth-order valence-corrected chi connectivity index (χ4v) is 8.90. The van der Waals surface area contributed by atoms with Gasteiger partial charge in [-0.3, -0.25) is 4.79 Å². The second-order valence-electron chi connectivity index (χ2n) is 11.0. The maximum atomic E-state index is 14.1. The van der Waals surface area contributed by atoms with Gasteiger partial charge in [-0.25, -0.2) is 18.4 Å². The zero-order valence-electron chi connectivity index (χ0n) is 22.4. The smallest absolute Gasteiger partial charge is 0.377 e. The number of piperazine rings is 1. The van der Waals surface area contributed by atoms with Gasteiger partial charge in [-0.1, -0.05) is 0 Å². The molecule has 2 aromatic heterocycles. The lowest BCUT2D eigenvalue weighted by Crippen LogP contribution is -2.52. The van der Waals surface area contributed by atoms with Crippen LogP contribution in [0, 0.1) is 6.92 Å². The van der Waals surface area contributed by atoms with E-state index in [0.29, 0.717) is 35.3 Å². The third-order valence-electron chi connectivity index (χ3n) is 8.32. The van der Waals surface area contributed by atoms with E-state index in [-0.39, 0.29) is 52.2 Å². The number of carbonyl (C=O) groups excluding carboxylic acids is 1. The first-order chi connectivity index (χ1) is 20.0. The van der Waals surface area contributed by atoms with Gasteiger partial charge in [0.2, 0.25) is 5.95 Å². The van der Waals surface area contributed by atoms with Crippen molar-refractivity contribution in [2.75, 3.05) is 48.8 Å². The minimum atomic E-state index is -4.81. The van der Waals surface area contributed by atoms with Gasteiger partial charge in [0.15, 0.2) is 9.84 Å². The highest BCUT2D eigenvalue weighted by molar-refractivity contribution is 7.91. The molecule has 7 rings (SSSR count). The number of halogens is 3. The molecule has 0 aliphatic carbocycles. The predicted octanol–water partition coefficient (Wildman–Crippen LogP) is 3.45. The topological polar surface area (TPSA) is 117 Å². The summed E-state index contributed by atoms with van der Waals surface area (Å²) in [6, 6.07) is 7.64. The monoisotopic (exact) mass is 620 g/mol. The Labute approximate surface area is 243 Å². The molecule has 42 heavy (non-hydrogen) atoms. The molecular formula is C27H27F3N6O4S2. The number of fused-ring (bicyclic) bond motifs is 3. The molecule has 3 saturated heterocycles. The first kappa shape index (κ1) is 27.6. The zero-order chi connectivity index (χ0) is 29.4. The number of carbonyl (C=O) groups is 1. The number of aryl methyl sites for hydroxylation is 1. The van der Waals surface area contributed by atoms with E-state index in [1.807, 2.05) is 25.1 Å². The Kier molecular flexibility index (Phi) is 6.49. The number of hydrogen-bond acceptors (Lipinski definition) is 10. The summed E-state index contributed by atoms with van der Waals surface area (Å²) < 4.78 is 73.6. The maximum Gasteiger partial charge on any atom is 0.420 e. The summed E-state index contributed by atoms with van der Waals surface area (Å²) in [5, 5.41) is 6.50. The van der Waals surface area contributed by atoms with Crippen molar-refractivity contribution in [2.24, 2.45) is 0 Å². The molecule has 15 heteroatoms. The average Bonchev–Trinajstić information content (AvgIpc) is 3.65. The van der Waals surface area contributed by atoms with Crippen LogP contribution in [0.3, 0.4) is 0 Å². The van der Waals surface area contributed by atoms with Crippen molar-refractivity contribution in [1.29, 1.82) is 0 Å². The Balaban J connectivity index is 1.23. The van der Waals surface area contributed by atoms with E-state index in [1.165, 1.54) is 4.90 Å². The molecule has 0 unspecified atom stereocenters. The number of ether oxygens (including phenoxy) is 1. The Morgan fingerprint density at radius 1 is 1.17 bits per heavy atom. The van der Waals surface area contributed by atoms with Crippen LogP contribution in [0.15, 0.2) is 35.4 Å². The summed E-state index contributed by atoms with van der Waals surface area (Å²) in [7, 11) is -3.92. The number of anilines is 3. The third-order valence-corrected chi connectivity index (χ3v) is 11.3. The van der Waals surface area contributed by atoms with Crippen LogP contribution in [0.1, 0.15) is 27.2 Å². The first-order valence-corrected chi connectivity index (χ1v) is 16.0. The van der Waals surface area contributed by atoms with Crippen LogP contribution in [0.25, 0.3) is 10.6 Å². The lowest BCUT2D eigenvalue weighted by Gasteiger charge is -2.36. The van der Waals surface area contributed by atoms with Gasteiger partial charge in [0.25, 0.3) is 5.91 Å². The van der Waals surface area contributed by atoms with Gasteiger partial charge in [-0.05, 0) is 43.2 Å². The number of nitrogens with one attached hydrogen (secondary N) is 2. The van der Waals surface area contributed by atoms with Crippen LogP contribution in [0.4, 0.5) is 30.5 Å². The van der Waals surface area contributed by atoms with Gasteiger partial charge in [0.1, 0.15) is 10.4 Å². The molecule has 2 bridgehead atoms. The Bertz CT molecular complexity index is 1690. The fraction of sp³-hybridized carbons (Fsp3) is 0.444. The maximum absolute atomic E-state index is 14.1. The van der Waals surface area contributed by atoms with Gasteiger partial charge >= 0.3 is 6.18 Å². The molecule has 1 amide bonds. The number of sulfone groups is 1. The number of nitrogens with zero attached hydrogens (tertiary/aromatic N) is 4. The highest BCUT2D eigenvalue weighted by atomic mass is 32.2. The van der Waals surface area contributed by atoms with E-state index in [0.717, 1.165) is 36.8 Å². The van der Waals surface area contributed by atoms with Crippen molar-refractivity contribution < 1.29 is 31.1 Å². The standard InChI is InChI=1S/C27H27F3N6O4S2/c1-14-6-16(36-11-15-7-17(36)9-31-15)2-3-20(14)33-26-32-10-19(27(28,29)30)23(34-26)21-8-22-24(41-21)25(37)35(18-12-40-13-18)4-5-42(22,38)39/h2-3,6,8,10,15,17-18,31H,4-5,7,9,11-13H2,1H3,(H,32,33,34)/t15-,17-/m1/s1. The predicted molar refractivity (Wildman–Crippen MR) is 150 cm³/mol. The number of amides is 1. The number of aromatic nitrogens is 2. The van der Waals surface area contributed by atoms with Gasteiger partial charge in [-0.2, -0.15) is 13.2 Å². The van der Waals surface area contributed by atoms with Crippen molar-refractivity contribution in [2.45, 2.75) is 42.5 Å². The van der Waals surface area contributed by atoms with Crippen molar-refractivity contribution in [1.82, 2.24) is 20.2 Å². The van der Waals surface area contributed by atoms with Crippen molar-refractivity contribution in [3.63, 3.8) is 0 Å². The minimum absolute atomic E-state index is 0.00463. The quantitative estimate of drug-likeness (QED) is 0.443. The molecule has 0 radical (unpaired) electrons. The van der Waals surface area contributed by atoms with E-state index in [2.05, 4.69) is 25.5 Å². The Hall–Kier alpha value is -3.27. The van der Waals surface area contributed by atoms with Crippen molar-refractivity contribution in [3.8, 4) is 10.6 Å². The summed E-state index contributed by atoms with van der Waals surface area (Å²) in [6.45, 7) is 4.34. The number of benzene rings is 1. The van der Waals surface area contributed by atoms with Crippen LogP contribution in [-0.2, 0) is 20.8 Å². The molecule has 222 valence electrons. The average molecular weight is 621 g/mol.